The number of quaternary nitrogens is 1. The summed E-state index contributed by atoms with van der Waals surface area (Å²) in [6, 6.07) is 9.94. The average Bonchev–Trinajstić information content (AvgIpc) is 2.09. The van der Waals surface area contributed by atoms with Crippen LogP contribution in [0.15, 0.2) is 30.3 Å². The first-order valence-corrected chi connectivity index (χ1v) is 3.88. The van der Waals surface area contributed by atoms with E-state index >= 15 is 0 Å². The molecule has 1 aromatic rings. The largest absolute Gasteiger partial charge is 0.635 e. The maximum atomic E-state index is 10.5. The van der Waals surface area contributed by atoms with E-state index in [2.05, 4.69) is 0 Å². The van der Waals surface area contributed by atoms with Gasteiger partial charge < -0.3 is 10.7 Å². The highest BCUT2D eigenvalue weighted by atomic mass is 16.5. The van der Waals surface area contributed by atoms with Crippen LogP contribution in [0.5, 0.6) is 0 Å². The zero-order chi connectivity index (χ0) is 8.10. The molecule has 60 valence electrons. The van der Waals surface area contributed by atoms with Crippen molar-refractivity contribution in [1.29, 1.82) is 0 Å². The SMILES string of the molecule is CCC([NH2+][O-])c1ccccc1. The summed E-state index contributed by atoms with van der Waals surface area (Å²) in [5.74, 6) is 0. The van der Waals surface area contributed by atoms with Gasteiger partial charge in [-0.05, 0) is 0 Å². The Balaban J connectivity index is 2.74. The van der Waals surface area contributed by atoms with Crippen LogP contribution in [0.4, 0.5) is 0 Å². The van der Waals surface area contributed by atoms with Crippen LogP contribution in [-0.2, 0) is 0 Å². The lowest BCUT2D eigenvalue weighted by atomic mass is 10.1. The highest BCUT2D eigenvalue weighted by molar-refractivity contribution is 5.16. The van der Waals surface area contributed by atoms with E-state index in [9.17, 15) is 5.21 Å². The third-order valence-corrected chi connectivity index (χ3v) is 1.83. The van der Waals surface area contributed by atoms with Crippen LogP contribution in [0.2, 0.25) is 0 Å². The van der Waals surface area contributed by atoms with Crippen molar-refractivity contribution in [2.24, 2.45) is 0 Å². The van der Waals surface area contributed by atoms with Crippen LogP contribution < -0.4 is 5.48 Å². The lowest BCUT2D eigenvalue weighted by molar-refractivity contribution is -0.634. The second-order valence-electron chi connectivity index (χ2n) is 2.56. The first kappa shape index (κ1) is 8.24. The number of nitrogens with two attached hydrogens (primary N) is 1. The molecule has 1 unspecified atom stereocenters. The van der Waals surface area contributed by atoms with E-state index in [0.29, 0.717) is 0 Å². The zero-order valence-electron chi connectivity index (χ0n) is 6.66. The molecule has 1 atom stereocenters. The van der Waals surface area contributed by atoms with Crippen molar-refractivity contribution in [3.8, 4) is 0 Å². The van der Waals surface area contributed by atoms with E-state index in [4.69, 9.17) is 0 Å². The summed E-state index contributed by atoms with van der Waals surface area (Å²) in [5, 5.41) is 10.5. The van der Waals surface area contributed by atoms with Crippen molar-refractivity contribution in [2.45, 2.75) is 19.4 Å². The van der Waals surface area contributed by atoms with Crippen molar-refractivity contribution < 1.29 is 5.48 Å². The Morgan fingerprint density at radius 1 is 1.36 bits per heavy atom. The number of rotatable bonds is 3. The summed E-state index contributed by atoms with van der Waals surface area (Å²) in [7, 11) is 0. The molecule has 0 radical (unpaired) electrons. The van der Waals surface area contributed by atoms with Crippen molar-refractivity contribution in [3.63, 3.8) is 0 Å². The van der Waals surface area contributed by atoms with Gasteiger partial charge in [0.1, 0.15) is 6.04 Å². The summed E-state index contributed by atoms with van der Waals surface area (Å²) < 4.78 is 0. The van der Waals surface area contributed by atoms with E-state index in [1.54, 1.807) is 0 Å². The maximum Gasteiger partial charge on any atom is 0.111 e. The summed E-state index contributed by atoms with van der Waals surface area (Å²) in [4.78, 5) is 0. The first-order chi connectivity index (χ1) is 5.38. The van der Waals surface area contributed by atoms with E-state index in [0.717, 1.165) is 17.5 Å². The van der Waals surface area contributed by atoms with Crippen LogP contribution >= 0.6 is 0 Å². The molecule has 0 aromatic heterocycles. The van der Waals surface area contributed by atoms with Gasteiger partial charge in [-0.15, -0.1) is 0 Å². The highest BCUT2D eigenvalue weighted by Crippen LogP contribution is 2.10. The van der Waals surface area contributed by atoms with Crippen LogP contribution in [0.25, 0.3) is 0 Å². The van der Waals surface area contributed by atoms with Gasteiger partial charge in [0.2, 0.25) is 0 Å². The van der Waals surface area contributed by atoms with Crippen molar-refractivity contribution in [1.82, 2.24) is 0 Å². The number of hydrogen-bond donors (Lipinski definition) is 1. The summed E-state index contributed by atoms with van der Waals surface area (Å²) in [6.45, 7) is 2.02. The molecule has 0 heterocycles. The Bertz CT molecular complexity index is 194. The lowest BCUT2D eigenvalue weighted by Gasteiger charge is -2.14. The Morgan fingerprint density at radius 3 is 2.45 bits per heavy atom. The highest BCUT2D eigenvalue weighted by Gasteiger charge is 2.05. The van der Waals surface area contributed by atoms with Gasteiger partial charge in [0.15, 0.2) is 0 Å². The molecule has 0 saturated carbocycles. The Kier molecular flexibility index (Phi) is 3.08. The maximum absolute atomic E-state index is 10.5. The fourth-order valence-corrected chi connectivity index (χ4v) is 1.11. The second kappa shape index (κ2) is 4.11. The standard InChI is InChI=1S/C9H13NO/c1-2-9(10-11)8-6-4-3-5-7-8/h3-7,9H,2,10H2,1H3. The van der Waals surface area contributed by atoms with Gasteiger partial charge in [0.05, 0.1) is 0 Å². The van der Waals surface area contributed by atoms with Crippen molar-refractivity contribution in [3.05, 3.63) is 41.1 Å². The topological polar surface area (TPSA) is 39.7 Å². The van der Waals surface area contributed by atoms with Gasteiger partial charge in [-0.2, -0.15) is 0 Å². The number of hydroxylamine groups is 1. The van der Waals surface area contributed by atoms with Gasteiger partial charge in [-0.3, -0.25) is 0 Å². The molecule has 0 amide bonds. The molecule has 0 aliphatic rings. The molecule has 0 saturated heterocycles. The third kappa shape index (κ3) is 2.03. The minimum Gasteiger partial charge on any atom is -0.635 e. The van der Waals surface area contributed by atoms with E-state index < -0.39 is 0 Å². The van der Waals surface area contributed by atoms with Gasteiger partial charge in [0.25, 0.3) is 0 Å². The fraction of sp³-hybridized carbons (Fsp3) is 0.333. The molecule has 0 spiro atoms. The minimum absolute atomic E-state index is 0.0798. The van der Waals surface area contributed by atoms with Crippen molar-refractivity contribution in [2.75, 3.05) is 0 Å². The molecule has 0 fully saturated rings. The first-order valence-electron chi connectivity index (χ1n) is 3.88. The average molecular weight is 151 g/mol. The van der Waals surface area contributed by atoms with Gasteiger partial charge in [-0.25, -0.2) is 0 Å². The molecular weight excluding hydrogens is 138 g/mol. The van der Waals surface area contributed by atoms with Crippen LogP contribution in [0.3, 0.4) is 0 Å². The predicted molar refractivity (Wildman–Crippen MR) is 44.8 cm³/mol. The van der Waals surface area contributed by atoms with E-state index in [-0.39, 0.29) is 6.04 Å². The molecule has 2 heteroatoms. The lowest BCUT2D eigenvalue weighted by Crippen LogP contribution is -2.78. The molecule has 0 bridgehead atoms. The van der Waals surface area contributed by atoms with Gasteiger partial charge in [-0.1, -0.05) is 37.3 Å². The number of hydrogen-bond acceptors (Lipinski definition) is 1. The fourth-order valence-electron chi connectivity index (χ4n) is 1.11. The van der Waals surface area contributed by atoms with Gasteiger partial charge >= 0.3 is 0 Å². The Hall–Kier alpha value is -0.860. The smallest absolute Gasteiger partial charge is 0.111 e. The van der Waals surface area contributed by atoms with Crippen molar-refractivity contribution >= 4 is 0 Å². The summed E-state index contributed by atoms with van der Waals surface area (Å²) in [5.41, 5.74) is 2.12. The molecule has 2 nitrogen and oxygen atoms in total. The molecule has 2 N–H and O–H groups in total. The summed E-state index contributed by atoms with van der Waals surface area (Å²) in [6.07, 6.45) is 0.882. The second-order valence-corrected chi connectivity index (χ2v) is 2.56. The molecule has 1 rings (SSSR count). The quantitative estimate of drug-likeness (QED) is 0.648. The summed E-state index contributed by atoms with van der Waals surface area (Å²) >= 11 is 0. The normalized spacial score (nSPS) is 12.9. The monoisotopic (exact) mass is 151 g/mol. The molecular formula is C9H13NO. The van der Waals surface area contributed by atoms with Crippen LogP contribution in [-0.4, -0.2) is 0 Å². The molecule has 11 heavy (non-hydrogen) atoms. The number of benzene rings is 1. The van der Waals surface area contributed by atoms with Crippen LogP contribution in [0, 0.1) is 5.21 Å². The third-order valence-electron chi connectivity index (χ3n) is 1.83. The molecule has 0 aliphatic heterocycles. The Labute approximate surface area is 66.8 Å². The van der Waals surface area contributed by atoms with Crippen LogP contribution in [0.1, 0.15) is 24.9 Å². The predicted octanol–water partition coefficient (Wildman–Crippen LogP) is 1.20. The minimum atomic E-state index is 0.0798. The van der Waals surface area contributed by atoms with Gasteiger partial charge in [0, 0.05) is 12.0 Å². The zero-order valence-corrected chi connectivity index (χ0v) is 6.66. The van der Waals surface area contributed by atoms with E-state index in [1.165, 1.54) is 0 Å². The Morgan fingerprint density at radius 2 is 2.00 bits per heavy atom. The van der Waals surface area contributed by atoms with E-state index in [1.807, 2.05) is 37.3 Å². The molecule has 1 aromatic carbocycles. The molecule has 0 aliphatic carbocycles.